The summed E-state index contributed by atoms with van der Waals surface area (Å²) in [7, 11) is 1.35. The number of halogens is 3. The van der Waals surface area contributed by atoms with Crippen LogP contribution in [0.15, 0.2) is 39.9 Å². The molecule has 4 heterocycles. The van der Waals surface area contributed by atoms with Gasteiger partial charge >= 0.3 is 11.9 Å². The minimum atomic E-state index is -4.67. The van der Waals surface area contributed by atoms with Crippen molar-refractivity contribution in [2.45, 2.75) is 45.1 Å². The van der Waals surface area contributed by atoms with Gasteiger partial charge in [0.25, 0.3) is 11.5 Å². The van der Waals surface area contributed by atoms with Crippen molar-refractivity contribution < 1.29 is 18.0 Å². The van der Waals surface area contributed by atoms with Crippen molar-refractivity contribution in [2.75, 3.05) is 24.5 Å². The summed E-state index contributed by atoms with van der Waals surface area (Å²) in [5, 5.41) is 12.4. The zero-order valence-corrected chi connectivity index (χ0v) is 23.0. The van der Waals surface area contributed by atoms with Crippen molar-refractivity contribution in [3.05, 3.63) is 68.0 Å². The van der Waals surface area contributed by atoms with Gasteiger partial charge in [0.2, 0.25) is 0 Å². The zero-order valence-electron chi connectivity index (χ0n) is 23.0. The molecule has 0 aliphatic carbocycles. The van der Waals surface area contributed by atoms with E-state index in [1.165, 1.54) is 7.05 Å². The number of alkyl halides is 3. The number of aromatic nitrogens is 4. The minimum Gasteiger partial charge on any atom is -0.356 e. The molecule has 5 rings (SSSR count). The SMILES string of the molecule is CCn1c(N2CCC[C@@H](N)C2)c(C(=O)NCC(F)(F)F)c2c1c(=O)n(Cc1nc3ccccc3cc1C#N)c(=O)n2C. The number of aryl methyl sites for hydroxylation is 2. The fourth-order valence-corrected chi connectivity index (χ4v) is 5.61. The number of hydrogen-bond donors (Lipinski definition) is 2. The monoisotopic (exact) mass is 582 g/mol. The lowest BCUT2D eigenvalue weighted by Crippen LogP contribution is -2.44. The van der Waals surface area contributed by atoms with Gasteiger partial charge in [0.1, 0.15) is 29.5 Å². The fourth-order valence-electron chi connectivity index (χ4n) is 5.61. The number of para-hydroxylation sites is 1. The highest BCUT2D eigenvalue weighted by molar-refractivity contribution is 6.11. The van der Waals surface area contributed by atoms with Crippen LogP contribution in [0.25, 0.3) is 21.9 Å². The third-order valence-corrected chi connectivity index (χ3v) is 7.49. The Hall–Kier alpha value is -4.64. The molecule has 1 aromatic carbocycles. The topological polar surface area (TPSA) is 144 Å². The van der Waals surface area contributed by atoms with Crippen molar-refractivity contribution in [3.8, 4) is 6.07 Å². The molecule has 1 amide bonds. The number of rotatable bonds is 6. The second-order valence-electron chi connectivity index (χ2n) is 10.3. The molecule has 0 saturated carbocycles. The molecule has 3 aromatic heterocycles. The van der Waals surface area contributed by atoms with E-state index in [9.17, 15) is 32.8 Å². The average molecular weight is 583 g/mol. The summed E-state index contributed by atoms with van der Waals surface area (Å²) in [4.78, 5) is 47.4. The first-order chi connectivity index (χ1) is 19.9. The summed E-state index contributed by atoms with van der Waals surface area (Å²) in [6, 6.07) is 10.5. The standard InChI is InChI=1S/C28H29F3N8O3/c1-3-38-23-22(21(24(40)34-15-28(29,30)31)25(38)37-10-6-8-18(33)13-37)36(2)27(42)39(26(23)41)14-20-17(12-32)11-16-7-4-5-9-19(16)35-20/h4-5,7,9,11,18H,3,6,8,10,13-15,33H2,1-2H3,(H,34,40)/t18-/m1/s1. The van der Waals surface area contributed by atoms with Gasteiger partial charge in [-0.05, 0) is 31.9 Å². The molecule has 0 spiro atoms. The van der Waals surface area contributed by atoms with E-state index in [4.69, 9.17) is 5.73 Å². The third kappa shape index (κ3) is 5.11. The largest absolute Gasteiger partial charge is 0.405 e. The van der Waals surface area contributed by atoms with Crippen LogP contribution in [0.1, 0.15) is 41.4 Å². The van der Waals surface area contributed by atoms with Crippen LogP contribution in [0.4, 0.5) is 19.0 Å². The molecule has 4 aromatic rings. The molecule has 1 saturated heterocycles. The molecule has 0 unspecified atom stereocenters. The maximum atomic E-state index is 14.1. The molecule has 3 N–H and O–H groups in total. The van der Waals surface area contributed by atoms with Crippen LogP contribution < -0.4 is 27.2 Å². The van der Waals surface area contributed by atoms with Crippen LogP contribution in [-0.2, 0) is 20.1 Å². The van der Waals surface area contributed by atoms with Gasteiger partial charge in [-0.3, -0.25) is 18.7 Å². The predicted octanol–water partition coefficient (Wildman–Crippen LogP) is 2.21. The predicted molar refractivity (Wildman–Crippen MR) is 150 cm³/mol. The number of piperidine rings is 1. The number of carbonyl (C=O) groups is 1. The molecule has 11 nitrogen and oxygen atoms in total. The Bertz CT molecular complexity index is 1870. The molecule has 1 atom stereocenters. The van der Waals surface area contributed by atoms with E-state index in [0.29, 0.717) is 30.4 Å². The Labute approximate surface area is 237 Å². The number of amides is 1. The number of nitrogens with zero attached hydrogens (tertiary/aromatic N) is 6. The first-order valence-electron chi connectivity index (χ1n) is 13.4. The summed E-state index contributed by atoms with van der Waals surface area (Å²) in [5.41, 5.74) is 5.28. The van der Waals surface area contributed by atoms with Gasteiger partial charge in [-0.15, -0.1) is 0 Å². The van der Waals surface area contributed by atoms with Crippen LogP contribution in [-0.4, -0.2) is 56.4 Å². The van der Waals surface area contributed by atoms with Gasteiger partial charge in [0.15, 0.2) is 0 Å². The highest BCUT2D eigenvalue weighted by Crippen LogP contribution is 2.33. The van der Waals surface area contributed by atoms with Crippen LogP contribution in [0, 0.1) is 11.3 Å². The van der Waals surface area contributed by atoms with Crippen LogP contribution in [0.2, 0.25) is 0 Å². The summed E-state index contributed by atoms with van der Waals surface area (Å²) >= 11 is 0. The first-order valence-corrected chi connectivity index (χ1v) is 13.4. The number of carbonyl (C=O) groups excluding carboxylic acids is 1. The van der Waals surface area contributed by atoms with Gasteiger partial charge < -0.3 is 20.5 Å². The molecular formula is C28H29F3N8O3. The number of fused-ring (bicyclic) bond motifs is 2. The molecule has 14 heteroatoms. The number of nitriles is 1. The van der Waals surface area contributed by atoms with Gasteiger partial charge in [-0.2, -0.15) is 18.4 Å². The minimum absolute atomic E-state index is 0.0230. The Morgan fingerprint density at radius 3 is 2.62 bits per heavy atom. The van der Waals surface area contributed by atoms with Gasteiger partial charge in [0, 0.05) is 38.1 Å². The van der Waals surface area contributed by atoms with Gasteiger partial charge in [-0.25, -0.2) is 9.78 Å². The van der Waals surface area contributed by atoms with E-state index < -0.39 is 29.9 Å². The third-order valence-electron chi connectivity index (χ3n) is 7.49. The molecule has 0 bridgehead atoms. The van der Waals surface area contributed by atoms with Crippen molar-refractivity contribution in [3.63, 3.8) is 0 Å². The maximum Gasteiger partial charge on any atom is 0.405 e. The first kappa shape index (κ1) is 28.9. The molecule has 0 radical (unpaired) electrons. The maximum absolute atomic E-state index is 14.1. The molecule has 1 aliphatic rings. The lowest BCUT2D eigenvalue weighted by molar-refractivity contribution is -0.123. The Morgan fingerprint density at radius 1 is 1.21 bits per heavy atom. The smallest absolute Gasteiger partial charge is 0.356 e. The second kappa shape index (κ2) is 11.0. The van der Waals surface area contributed by atoms with E-state index in [-0.39, 0.29) is 52.8 Å². The normalized spacial score (nSPS) is 15.7. The number of benzene rings is 1. The number of anilines is 1. The molecule has 42 heavy (non-hydrogen) atoms. The average Bonchev–Trinajstić information content (AvgIpc) is 3.31. The van der Waals surface area contributed by atoms with Crippen molar-refractivity contribution in [1.82, 2.24) is 24.0 Å². The van der Waals surface area contributed by atoms with Crippen LogP contribution in [0.5, 0.6) is 0 Å². The zero-order chi connectivity index (χ0) is 30.3. The number of nitrogens with two attached hydrogens (primary N) is 1. The quantitative estimate of drug-likeness (QED) is 0.355. The van der Waals surface area contributed by atoms with Crippen molar-refractivity contribution in [1.29, 1.82) is 5.26 Å². The van der Waals surface area contributed by atoms with E-state index in [2.05, 4.69) is 11.1 Å². The Morgan fingerprint density at radius 2 is 1.95 bits per heavy atom. The molecule has 1 fully saturated rings. The summed E-state index contributed by atoms with van der Waals surface area (Å²) < 4.78 is 42.8. The summed E-state index contributed by atoms with van der Waals surface area (Å²) in [6.07, 6.45) is -3.27. The van der Waals surface area contributed by atoms with E-state index >= 15 is 0 Å². The van der Waals surface area contributed by atoms with Crippen LogP contribution >= 0.6 is 0 Å². The number of pyridine rings is 1. The van der Waals surface area contributed by atoms with Crippen molar-refractivity contribution in [2.24, 2.45) is 12.8 Å². The fraction of sp³-hybridized carbons (Fsp3) is 0.393. The van der Waals surface area contributed by atoms with Crippen molar-refractivity contribution >= 4 is 33.7 Å². The molecular weight excluding hydrogens is 553 g/mol. The van der Waals surface area contributed by atoms with E-state index in [1.54, 1.807) is 46.7 Å². The van der Waals surface area contributed by atoms with E-state index in [0.717, 1.165) is 15.6 Å². The second-order valence-corrected chi connectivity index (χ2v) is 10.3. The lowest BCUT2D eigenvalue weighted by atomic mass is 10.1. The molecule has 1 aliphatic heterocycles. The van der Waals surface area contributed by atoms with Gasteiger partial charge in [-0.1, -0.05) is 18.2 Å². The Balaban J connectivity index is 1.76. The highest BCUT2D eigenvalue weighted by atomic mass is 19.4. The highest BCUT2D eigenvalue weighted by Gasteiger charge is 2.34. The van der Waals surface area contributed by atoms with Gasteiger partial charge in [0.05, 0.1) is 28.8 Å². The Kier molecular flexibility index (Phi) is 7.55. The lowest BCUT2D eigenvalue weighted by Gasteiger charge is -2.33. The van der Waals surface area contributed by atoms with Crippen LogP contribution in [0.3, 0.4) is 0 Å². The number of nitrogens with one attached hydrogen (secondary N) is 1. The molecule has 220 valence electrons. The number of hydrogen-bond acceptors (Lipinski definition) is 7. The summed E-state index contributed by atoms with van der Waals surface area (Å²) in [6.45, 7) is 0.762. The van der Waals surface area contributed by atoms with E-state index in [1.807, 2.05) is 5.32 Å². The summed E-state index contributed by atoms with van der Waals surface area (Å²) in [5.74, 6) is -0.831.